The van der Waals surface area contributed by atoms with Crippen molar-refractivity contribution in [2.24, 2.45) is 11.8 Å². The fourth-order valence-corrected chi connectivity index (χ4v) is 3.22. The summed E-state index contributed by atoms with van der Waals surface area (Å²) in [7, 11) is 4.02. The van der Waals surface area contributed by atoms with Gasteiger partial charge < -0.3 is 10.2 Å². The first kappa shape index (κ1) is 14.5. The molecular weight excluding hydrogens is 256 g/mol. The van der Waals surface area contributed by atoms with Crippen molar-refractivity contribution in [2.45, 2.75) is 39.2 Å². The van der Waals surface area contributed by atoms with Crippen LogP contribution in [0.2, 0.25) is 5.02 Å². The Morgan fingerprint density at radius 1 is 1.16 bits per heavy atom. The molecule has 1 saturated carbocycles. The molecule has 0 bridgehead atoms. The molecule has 0 spiro atoms. The van der Waals surface area contributed by atoms with E-state index < -0.39 is 0 Å². The van der Waals surface area contributed by atoms with Gasteiger partial charge in [0.1, 0.15) is 0 Å². The summed E-state index contributed by atoms with van der Waals surface area (Å²) in [5.41, 5.74) is 2.21. The van der Waals surface area contributed by atoms with Crippen molar-refractivity contribution in [1.29, 1.82) is 0 Å². The third-order valence-corrected chi connectivity index (χ3v) is 4.70. The van der Waals surface area contributed by atoms with Crippen molar-refractivity contribution in [2.75, 3.05) is 24.3 Å². The second-order valence-corrected chi connectivity index (χ2v) is 6.58. The number of hydrogen-bond acceptors (Lipinski definition) is 2. The Morgan fingerprint density at radius 3 is 2.47 bits per heavy atom. The van der Waals surface area contributed by atoms with Crippen LogP contribution in [-0.2, 0) is 0 Å². The highest BCUT2D eigenvalue weighted by atomic mass is 35.5. The summed E-state index contributed by atoms with van der Waals surface area (Å²) in [6, 6.07) is 6.84. The number of halogens is 1. The predicted octanol–water partition coefficient (Wildman–Crippen LogP) is 4.64. The third kappa shape index (κ3) is 3.56. The zero-order chi connectivity index (χ0) is 14.0. The van der Waals surface area contributed by atoms with Crippen LogP contribution in [0.5, 0.6) is 0 Å². The van der Waals surface area contributed by atoms with Crippen LogP contribution in [0.25, 0.3) is 0 Å². The molecule has 106 valence electrons. The van der Waals surface area contributed by atoms with Crippen molar-refractivity contribution in [3.05, 3.63) is 23.2 Å². The Kier molecular flexibility index (Phi) is 4.62. The van der Waals surface area contributed by atoms with Gasteiger partial charge in [0.25, 0.3) is 0 Å². The fraction of sp³-hybridized carbons (Fsp3) is 0.625. The smallest absolute Gasteiger partial charge is 0.0659 e. The summed E-state index contributed by atoms with van der Waals surface area (Å²) < 4.78 is 0. The average molecular weight is 281 g/mol. The average Bonchev–Trinajstić information content (AvgIpc) is 2.33. The van der Waals surface area contributed by atoms with Gasteiger partial charge in [-0.3, -0.25) is 0 Å². The van der Waals surface area contributed by atoms with Crippen molar-refractivity contribution in [3.63, 3.8) is 0 Å². The maximum Gasteiger partial charge on any atom is 0.0659 e. The SMILES string of the molecule is CC1CCC(Nc2ccc(N(C)C)c(Cl)c2)CC1C. The predicted molar refractivity (Wildman–Crippen MR) is 85.4 cm³/mol. The maximum absolute atomic E-state index is 6.31. The highest BCUT2D eigenvalue weighted by Crippen LogP contribution is 2.33. The van der Waals surface area contributed by atoms with Crippen LogP contribution in [-0.4, -0.2) is 20.1 Å². The Labute approximate surface area is 122 Å². The summed E-state index contributed by atoms with van der Waals surface area (Å²) in [6.45, 7) is 4.73. The zero-order valence-corrected chi connectivity index (χ0v) is 13.2. The second kappa shape index (κ2) is 6.04. The summed E-state index contributed by atoms with van der Waals surface area (Å²) >= 11 is 6.31. The van der Waals surface area contributed by atoms with Gasteiger partial charge in [0.15, 0.2) is 0 Å². The molecule has 3 atom stereocenters. The second-order valence-electron chi connectivity index (χ2n) is 6.17. The van der Waals surface area contributed by atoms with E-state index in [9.17, 15) is 0 Å². The topological polar surface area (TPSA) is 15.3 Å². The minimum Gasteiger partial charge on any atom is -0.382 e. The quantitative estimate of drug-likeness (QED) is 0.867. The lowest BCUT2D eigenvalue weighted by Crippen LogP contribution is -2.30. The van der Waals surface area contributed by atoms with E-state index in [2.05, 4.69) is 31.3 Å². The molecule has 2 nitrogen and oxygen atoms in total. The van der Waals surface area contributed by atoms with Crippen LogP contribution >= 0.6 is 11.6 Å². The van der Waals surface area contributed by atoms with Crippen molar-refractivity contribution < 1.29 is 0 Å². The first-order valence-corrected chi connectivity index (χ1v) is 7.58. The number of hydrogen-bond donors (Lipinski definition) is 1. The molecule has 0 saturated heterocycles. The van der Waals surface area contributed by atoms with E-state index >= 15 is 0 Å². The summed E-state index contributed by atoms with van der Waals surface area (Å²) in [5, 5.41) is 4.45. The van der Waals surface area contributed by atoms with Crippen molar-refractivity contribution in [1.82, 2.24) is 0 Å². The van der Waals surface area contributed by atoms with Crippen LogP contribution in [0, 0.1) is 11.8 Å². The first-order chi connectivity index (χ1) is 8.97. The molecule has 1 N–H and O–H groups in total. The number of nitrogens with one attached hydrogen (secondary N) is 1. The molecule has 1 aromatic carbocycles. The van der Waals surface area contributed by atoms with Gasteiger partial charge in [0, 0.05) is 25.8 Å². The Hall–Kier alpha value is -0.890. The van der Waals surface area contributed by atoms with Crippen LogP contribution in [0.4, 0.5) is 11.4 Å². The monoisotopic (exact) mass is 280 g/mol. The molecule has 3 unspecified atom stereocenters. The van der Waals surface area contributed by atoms with Gasteiger partial charge in [-0.05, 0) is 49.3 Å². The lowest BCUT2D eigenvalue weighted by atomic mass is 9.79. The van der Waals surface area contributed by atoms with E-state index in [1.807, 2.05) is 25.1 Å². The Balaban J connectivity index is 2.02. The molecule has 19 heavy (non-hydrogen) atoms. The van der Waals surface area contributed by atoms with Gasteiger partial charge in [-0.1, -0.05) is 25.4 Å². The van der Waals surface area contributed by atoms with Gasteiger partial charge in [-0.25, -0.2) is 0 Å². The van der Waals surface area contributed by atoms with E-state index in [1.165, 1.54) is 19.3 Å². The van der Waals surface area contributed by atoms with Gasteiger partial charge in [-0.15, -0.1) is 0 Å². The van der Waals surface area contributed by atoms with E-state index in [1.54, 1.807) is 0 Å². The minimum absolute atomic E-state index is 0.590. The molecule has 1 aromatic rings. The summed E-state index contributed by atoms with van der Waals surface area (Å²) in [5.74, 6) is 1.67. The number of rotatable bonds is 3. The molecule has 2 rings (SSSR count). The van der Waals surface area contributed by atoms with E-state index in [0.717, 1.165) is 28.2 Å². The molecule has 1 aliphatic carbocycles. The number of nitrogens with zero attached hydrogens (tertiary/aromatic N) is 1. The van der Waals surface area contributed by atoms with Crippen LogP contribution in [0.1, 0.15) is 33.1 Å². The Bertz CT molecular complexity index is 431. The third-order valence-electron chi connectivity index (χ3n) is 4.40. The zero-order valence-electron chi connectivity index (χ0n) is 12.4. The molecule has 1 aliphatic rings. The van der Waals surface area contributed by atoms with Crippen LogP contribution < -0.4 is 10.2 Å². The number of anilines is 2. The Morgan fingerprint density at radius 2 is 1.89 bits per heavy atom. The van der Waals surface area contributed by atoms with E-state index in [-0.39, 0.29) is 0 Å². The van der Waals surface area contributed by atoms with Crippen LogP contribution in [0.3, 0.4) is 0 Å². The lowest BCUT2D eigenvalue weighted by molar-refractivity contribution is 0.261. The normalized spacial score (nSPS) is 27.1. The molecule has 0 aliphatic heterocycles. The molecular formula is C16H25ClN2. The van der Waals surface area contributed by atoms with Crippen molar-refractivity contribution in [3.8, 4) is 0 Å². The van der Waals surface area contributed by atoms with E-state index in [4.69, 9.17) is 11.6 Å². The van der Waals surface area contributed by atoms with Crippen LogP contribution in [0.15, 0.2) is 18.2 Å². The number of benzene rings is 1. The molecule has 0 radical (unpaired) electrons. The lowest BCUT2D eigenvalue weighted by Gasteiger charge is -2.33. The fourth-order valence-electron chi connectivity index (χ4n) is 2.87. The molecule has 1 fully saturated rings. The van der Waals surface area contributed by atoms with Gasteiger partial charge in [-0.2, -0.15) is 0 Å². The summed E-state index contributed by atoms with van der Waals surface area (Å²) in [6.07, 6.45) is 3.84. The molecule has 0 heterocycles. The largest absolute Gasteiger partial charge is 0.382 e. The standard InChI is InChI=1S/C16H25ClN2/c1-11-5-6-13(9-12(11)2)18-14-7-8-16(19(3)4)15(17)10-14/h7-8,10-13,18H,5-6,9H2,1-4H3. The first-order valence-electron chi connectivity index (χ1n) is 7.20. The highest BCUT2D eigenvalue weighted by molar-refractivity contribution is 6.33. The molecule has 3 heteroatoms. The van der Waals surface area contributed by atoms with Gasteiger partial charge >= 0.3 is 0 Å². The van der Waals surface area contributed by atoms with Gasteiger partial charge in [0.05, 0.1) is 10.7 Å². The maximum atomic E-state index is 6.31. The summed E-state index contributed by atoms with van der Waals surface area (Å²) in [4.78, 5) is 2.04. The molecule has 0 aromatic heterocycles. The van der Waals surface area contributed by atoms with Gasteiger partial charge in [0.2, 0.25) is 0 Å². The highest BCUT2D eigenvalue weighted by Gasteiger charge is 2.24. The minimum atomic E-state index is 0.590. The van der Waals surface area contributed by atoms with E-state index in [0.29, 0.717) is 6.04 Å². The van der Waals surface area contributed by atoms with Crippen molar-refractivity contribution >= 4 is 23.0 Å². The molecule has 0 amide bonds.